The smallest absolute Gasteiger partial charge is 0.265 e. The molecule has 0 saturated heterocycles. The summed E-state index contributed by atoms with van der Waals surface area (Å²) >= 11 is 0. The normalized spacial score (nSPS) is 13.6. The first-order valence-electron chi connectivity index (χ1n) is 2.60. The molecule has 0 heterocycles. The Morgan fingerprint density at radius 2 is 2.36 bits per heavy atom. The minimum Gasteiger partial charge on any atom is -0.305 e. The molecule has 0 spiro atoms. The molecule has 1 atom stereocenters. The zero-order chi connectivity index (χ0) is 8.91. The molecule has 0 aromatic heterocycles. The third-order valence-electron chi connectivity index (χ3n) is 0.623. The van der Waals surface area contributed by atoms with E-state index in [9.17, 15) is 8.42 Å². The van der Waals surface area contributed by atoms with Gasteiger partial charge in [-0.3, -0.25) is 4.18 Å². The van der Waals surface area contributed by atoms with Crippen LogP contribution in [0.15, 0.2) is 5.11 Å². The summed E-state index contributed by atoms with van der Waals surface area (Å²) in [6.45, 7) is -0.205. The quantitative estimate of drug-likeness (QED) is 0.207. The van der Waals surface area contributed by atoms with Crippen LogP contribution < -0.4 is 5.73 Å². The largest absolute Gasteiger partial charge is 0.305 e. The van der Waals surface area contributed by atoms with Gasteiger partial charge >= 0.3 is 0 Å². The lowest BCUT2D eigenvalue weighted by Crippen LogP contribution is -2.29. The Bertz CT molecular complexity index is 254. The molecule has 11 heavy (non-hydrogen) atoms. The van der Waals surface area contributed by atoms with Gasteiger partial charge in [-0.1, -0.05) is 5.11 Å². The van der Waals surface area contributed by atoms with Gasteiger partial charge in [0, 0.05) is 4.91 Å². The Hall–Kier alpha value is -0.820. The van der Waals surface area contributed by atoms with Gasteiger partial charge in [-0.15, -0.1) is 0 Å². The predicted molar refractivity (Wildman–Crippen MR) is 37.9 cm³/mol. The van der Waals surface area contributed by atoms with E-state index in [2.05, 4.69) is 14.2 Å². The first kappa shape index (κ1) is 10.2. The maximum Gasteiger partial charge on any atom is 0.265 e. The average molecular weight is 180 g/mol. The Balaban J connectivity index is 3.88. The van der Waals surface area contributed by atoms with Crippen molar-refractivity contribution in [3.63, 3.8) is 0 Å². The van der Waals surface area contributed by atoms with Gasteiger partial charge in [-0.05, 0) is 5.53 Å². The lowest BCUT2D eigenvalue weighted by atomic mass is 10.6. The van der Waals surface area contributed by atoms with E-state index < -0.39 is 16.3 Å². The maximum absolute atomic E-state index is 10.4. The van der Waals surface area contributed by atoms with E-state index in [0.717, 1.165) is 6.26 Å². The van der Waals surface area contributed by atoms with Gasteiger partial charge in [-0.2, -0.15) is 8.42 Å². The lowest BCUT2D eigenvalue weighted by Gasteiger charge is -2.05. The van der Waals surface area contributed by atoms with Crippen molar-refractivity contribution in [1.29, 1.82) is 0 Å². The van der Waals surface area contributed by atoms with Gasteiger partial charge in [0.25, 0.3) is 10.1 Å². The van der Waals surface area contributed by atoms with Crippen LogP contribution >= 0.6 is 0 Å². The average Bonchev–Trinajstić information content (AvgIpc) is 1.79. The van der Waals surface area contributed by atoms with E-state index in [4.69, 9.17) is 11.3 Å². The van der Waals surface area contributed by atoms with Crippen molar-refractivity contribution in [1.82, 2.24) is 0 Å². The van der Waals surface area contributed by atoms with Gasteiger partial charge in [0.1, 0.15) is 6.23 Å². The molecule has 0 saturated carbocycles. The molecule has 7 nitrogen and oxygen atoms in total. The van der Waals surface area contributed by atoms with Crippen molar-refractivity contribution >= 4 is 10.1 Å². The van der Waals surface area contributed by atoms with Gasteiger partial charge in [0.2, 0.25) is 0 Å². The van der Waals surface area contributed by atoms with Crippen molar-refractivity contribution in [2.24, 2.45) is 10.8 Å². The van der Waals surface area contributed by atoms with Crippen LogP contribution in [-0.2, 0) is 14.3 Å². The lowest BCUT2D eigenvalue weighted by molar-refractivity contribution is 0.227. The second-order valence-corrected chi connectivity index (χ2v) is 3.35. The zero-order valence-electron chi connectivity index (χ0n) is 5.84. The molecular formula is C3H8N4O3S. The molecule has 0 aliphatic heterocycles. The van der Waals surface area contributed by atoms with E-state index in [1.165, 1.54) is 0 Å². The van der Waals surface area contributed by atoms with E-state index in [-0.39, 0.29) is 6.54 Å². The first-order chi connectivity index (χ1) is 4.95. The summed E-state index contributed by atoms with van der Waals surface area (Å²) in [7, 11) is -3.56. The van der Waals surface area contributed by atoms with Crippen LogP contribution in [0.25, 0.3) is 10.4 Å². The minimum atomic E-state index is -3.56. The molecule has 2 N–H and O–H groups in total. The summed E-state index contributed by atoms with van der Waals surface area (Å²) in [5, 5.41) is 3.02. The fourth-order valence-electron chi connectivity index (χ4n) is 0.372. The summed E-state index contributed by atoms with van der Waals surface area (Å²) < 4.78 is 25.0. The zero-order valence-corrected chi connectivity index (χ0v) is 6.65. The van der Waals surface area contributed by atoms with Gasteiger partial charge < -0.3 is 5.73 Å². The maximum atomic E-state index is 10.4. The molecule has 64 valence electrons. The van der Waals surface area contributed by atoms with Crippen molar-refractivity contribution in [2.75, 3.05) is 12.8 Å². The number of hydrogen-bond donors (Lipinski definition) is 1. The number of nitrogens with zero attached hydrogens (tertiary/aromatic N) is 3. The van der Waals surface area contributed by atoms with Crippen LogP contribution in [0.5, 0.6) is 0 Å². The Morgan fingerprint density at radius 1 is 1.82 bits per heavy atom. The summed E-state index contributed by atoms with van der Waals surface area (Å²) in [5.41, 5.74) is 12.9. The highest BCUT2D eigenvalue weighted by molar-refractivity contribution is 7.86. The number of azide groups is 1. The van der Waals surface area contributed by atoms with Crippen LogP contribution in [-0.4, -0.2) is 27.4 Å². The van der Waals surface area contributed by atoms with Crippen molar-refractivity contribution in [2.45, 2.75) is 6.23 Å². The van der Waals surface area contributed by atoms with Crippen LogP contribution in [0.4, 0.5) is 0 Å². The fraction of sp³-hybridized carbons (Fsp3) is 1.00. The topological polar surface area (TPSA) is 118 Å². The number of hydrogen-bond acceptors (Lipinski definition) is 5. The molecule has 0 rings (SSSR count). The Morgan fingerprint density at radius 3 is 2.73 bits per heavy atom. The summed E-state index contributed by atoms with van der Waals surface area (Å²) in [6, 6.07) is 0. The summed E-state index contributed by atoms with van der Waals surface area (Å²) in [5.74, 6) is 0. The van der Waals surface area contributed by atoms with E-state index >= 15 is 0 Å². The molecule has 0 radical (unpaired) electrons. The van der Waals surface area contributed by atoms with E-state index in [1.807, 2.05) is 0 Å². The molecule has 0 aliphatic carbocycles. The van der Waals surface area contributed by atoms with Gasteiger partial charge in [0.15, 0.2) is 0 Å². The molecule has 0 aromatic carbocycles. The van der Waals surface area contributed by atoms with Crippen LogP contribution in [0, 0.1) is 0 Å². The molecule has 0 fully saturated rings. The van der Waals surface area contributed by atoms with Crippen LogP contribution in [0.3, 0.4) is 0 Å². The highest BCUT2D eigenvalue weighted by atomic mass is 32.2. The fourth-order valence-corrected chi connectivity index (χ4v) is 0.882. The molecule has 0 amide bonds. The molecular weight excluding hydrogens is 172 g/mol. The van der Waals surface area contributed by atoms with Gasteiger partial charge in [0.05, 0.1) is 12.8 Å². The summed E-state index contributed by atoms with van der Waals surface area (Å²) in [6.07, 6.45) is -0.232. The SMILES string of the molecule is CS(=O)(=O)OC(N)CN=[N+]=[N-]. The second-order valence-electron chi connectivity index (χ2n) is 1.75. The van der Waals surface area contributed by atoms with Crippen molar-refractivity contribution in [3.8, 4) is 0 Å². The standard InChI is InChI=1S/C3H8N4O3S/c1-11(8,9)10-3(4)2-6-7-5/h3H,2,4H2,1H3. The predicted octanol–water partition coefficient (Wildman–Crippen LogP) is -0.442. The molecule has 0 bridgehead atoms. The minimum absolute atomic E-state index is 0.205. The Kier molecular flexibility index (Phi) is 3.83. The highest BCUT2D eigenvalue weighted by Crippen LogP contribution is 1.91. The molecule has 0 aromatic rings. The third-order valence-corrected chi connectivity index (χ3v) is 1.22. The van der Waals surface area contributed by atoms with Crippen molar-refractivity contribution in [3.05, 3.63) is 10.4 Å². The van der Waals surface area contributed by atoms with E-state index in [0.29, 0.717) is 0 Å². The van der Waals surface area contributed by atoms with Crippen LogP contribution in [0.2, 0.25) is 0 Å². The molecule has 0 aliphatic rings. The monoisotopic (exact) mass is 180 g/mol. The van der Waals surface area contributed by atoms with Crippen LogP contribution in [0.1, 0.15) is 0 Å². The summed E-state index contributed by atoms with van der Waals surface area (Å²) in [4.78, 5) is 2.38. The molecule has 8 heteroatoms. The second kappa shape index (κ2) is 4.14. The first-order valence-corrected chi connectivity index (χ1v) is 4.42. The van der Waals surface area contributed by atoms with E-state index in [1.54, 1.807) is 0 Å². The van der Waals surface area contributed by atoms with Gasteiger partial charge in [-0.25, -0.2) is 0 Å². The number of rotatable bonds is 4. The number of nitrogens with two attached hydrogens (primary N) is 1. The third kappa shape index (κ3) is 7.07. The molecule has 1 unspecified atom stereocenters. The Labute approximate surface area is 63.9 Å². The highest BCUT2D eigenvalue weighted by Gasteiger charge is 2.08. The van der Waals surface area contributed by atoms with Crippen molar-refractivity contribution < 1.29 is 12.6 Å².